The lowest BCUT2D eigenvalue weighted by Gasteiger charge is -2.20. The average Bonchev–Trinajstić information content (AvgIpc) is 3.03. The molecule has 2 aromatic rings. The highest BCUT2D eigenvalue weighted by Gasteiger charge is 2.24. The van der Waals surface area contributed by atoms with Crippen LogP contribution in [0.15, 0.2) is 39.8 Å². The van der Waals surface area contributed by atoms with Gasteiger partial charge in [0.05, 0.1) is 17.1 Å². The lowest BCUT2D eigenvalue weighted by atomic mass is 9.89. The third kappa shape index (κ3) is 4.48. The maximum absolute atomic E-state index is 12.7. The van der Waals surface area contributed by atoms with Crippen LogP contribution < -0.4 is 0 Å². The minimum atomic E-state index is -3.58. The van der Waals surface area contributed by atoms with Crippen LogP contribution >= 0.6 is 15.9 Å². The Morgan fingerprint density at radius 2 is 1.96 bits per heavy atom. The summed E-state index contributed by atoms with van der Waals surface area (Å²) in [7, 11) is -2.01. The van der Waals surface area contributed by atoms with Gasteiger partial charge in [0.25, 0.3) is 0 Å². The van der Waals surface area contributed by atoms with Gasteiger partial charge in [0.1, 0.15) is 0 Å². The molecule has 1 aliphatic rings. The number of sulfonamides is 1. The summed E-state index contributed by atoms with van der Waals surface area (Å²) in [6.07, 6.45) is 8.26. The second-order valence-corrected chi connectivity index (χ2v) is 9.50. The Hall–Kier alpha value is -1.25. The van der Waals surface area contributed by atoms with Gasteiger partial charge in [0, 0.05) is 24.3 Å². The Kier molecular flexibility index (Phi) is 5.91. The molecule has 1 aromatic carbocycles. The second-order valence-electron chi connectivity index (χ2n) is 6.63. The number of rotatable bonds is 6. The van der Waals surface area contributed by atoms with Gasteiger partial charge in [-0.1, -0.05) is 36.6 Å². The van der Waals surface area contributed by atoms with E-state index in [1.54, 1.807) is 31.3 Å². The van der Waals surface area contributed by atoms with E-state index in [0.29, 0.717) is 16.1 Å². The fraction of sp³-hybridized carbons (Fsp3) is 0.529. The van der Waals surface area contributed by atoms with Gasteiger partial charge < -0.3 is 0 Å². The molecule has 1 heterocycles. The highest BCUT2D eigenvalue weighted by Crippen LogP contribution is 2.26. The molecule has 25 heavy (non-hydrogen) atoms. The van der Waals surface area contributed by atoms with Gasteiger partial charge in [-0.15, -0.1) is 5.10 Å². The average molecular weight is 427 g/mol. The van der Waals surface area contributed by atoms with Crippen molar-refractivity contribution in [2.75, 3.05) is 7.05 Å². The van der Waals surface area contributed by atoms with Crippen LogP contribution in [0.5, 0.6) is 0 Å². The molecule has 0 atom stereocenters. The Morgan fingerprint density at radius 1 is 1.24 bits per heavy atom. The van der Waals surface area contributed by atoms with Crippen molar-refractivity contribution in [2.24, 2.45) is 5.92 Å². The van der Waals surface area contributed by atoms with E-state index in [4.69, 9.17) is 0 Å². The lowest BCUT2D eigenvalue weighted by molar-refractivity contribution is 0.305. The lowest BCUT2D eigenvalue weighted by Crippen LogP contribution is -2.27. The van der Waals surface area contributed by atoms with E-state index in [9.17, 15) is 8.42 Å². The Labute approximate surface area is 157 Å². The minimum absolute atomic E-state index is 0.203. The van der Waals surface area contributed by atoms with Crippen LogP contribution in [0.4, 0.5) is 0 Å². The SMILES string of the molecule is CN(Cc1cn(CC2CCCCC2)nn1)S(=O)(=O)c1ccccc1Br. The molecule has 0 unspecified atom stereocenters. The van der Waals surface area contributed by atoms with Crippen molar-refractivity contribution in [2.45, 2.75) is 50.1 Å². The molecule has 0 saturated heterocycles. The van der Waals surface area contributed by atoms with E-state index in [2.05, 4.69) is 26.2 Å². The van der Waals surface area contributed by atoms with Crippen molar-refractivity contribution in [1.82, 2.24) is 19.3 Å². The van der Waals surface area contributed by atoms with Crippen LogP contribution in [0.1, 0.15) is 37.8 Å². The summed E-state index contributed by atoms with van der Waals surface area (Å²) >= 11 is 3.31. The van der Waals surface area contributed by atoms with Crippen molar-refractivity contribution in [3.05, 3.63) is 40.6 Å². The summed E-state index contributed by atoms with van der Waals surface area (Å²) in [5.74, 6) is 0.657. The number of aromatic nitrogens is 3. The van der Waals surface area contributed by atoms with Crippen molar-refractivity contribution < 1.29 is 8.42 Å². The largest absolute Gasteiger partial charge is 0.252 e. The van der Waals surface area contributed by atoms with Gasteiger partial charge in [-0.2, -0.15) is 4.31 Å². The first-order chi connectivity index (χ1) is 12.0. The molecule has 0 aliphatic heterocycles. The van der Waals surface area contributed by atoms with Gasteiger partial charge in [0.15, 0.2) is 0 Å². The first kappa shape index (κ1) is 18.5. The van der Waals surface area contributed by atoms with Gasteiger partial charge in [-0.05, 0) is 46.8 Å². The molecule has 136 valence electrons. The third-order valence-corrected chi connectivity index (χ3v) is 7.48. The first-order valence-electron chi connectivity index (χ1n) is 8.56. The topological polar surface area (TPSA) is 68.1 Å². The van der Waals surface area contributed by atoms with Crippen molar-refractivity contribution in [3.8, 4) is 0 Å². The fourth-order valence-corrected chi connectivity index (χ4v) is 5.37. The summed E-state index contributed by atoms with van der Waals surface area (Å²) in [6.45, 7) is 1.07. The molecule has 3 rings (SSSR count). The predicted molar refractivity (Wildman–Crippen MR) is 99.4 cm³/mol. The van der Waals surface area contributed by atoms with Crippen molar-refractivity contribution >= 4 is 26.0 Å². The maximum atomic E-state index is 12.7. The molecule has 1 saturated carbocycles. The maximum Gasteiger partial charge on any atom is 0.244 e. The van der Waals surface area contributed by atoms with E-state index in [0.717, 1.165) is 6.54 Å². The molecule has 1 aromatic heterocycles. The number of hydrogen-bond acceptors (Lipinski definition) is 4. The highest BCUT2D eigenvalue weighted by molar-refractivity contribution is 9.10. The van der Waals surface area contributed by atoms with Gasteiger partial charge in [0.2, 0.25) is 10.0 Å². The summed E-state index contributed by atoms with van der Waals surface area (Å²) in [5, 5.41) is 8.32. The van der Waals surface area contributed by atoms with Crippen LogP contribution in [0, 0.1) is 5.92 Å². The summed E-state index contributed by atoms with van der Waals surface area (Å²) < 4.78 is 29.2. The summed E-state index contributed by atoms with van der Waals surface area (Å²) in [5.41, 5.74) is 0.661. The summed E-state index contributed by atoms with van der Waals surface area (Å²) in [6, 6.07) is 6.82. The Morgan fingerprint density at radius 3 is 2.68 bits per heavy atom. The zero-order valence-electron chi connectivity index (χ0n) is 14.3. The quantitative estimate of drug-likeness (QED) is 0.709. The predicted octanol–water partition coefficient (Wildman–Crippen LogP) is 3.44. The Balaban J connectivity index is 1.67. The number of nitrogens with zero attached hydrogens (tertiary/aromatic N) is 4. The third-order valence-electron chi connectivity index (χ3n) is 4.67. The first-order valence-corrected chi connectivity index (χ1v) is 10.8. The Bertz CT molecular complexity index is 816. The number of hydrogen-bond donors (Lipinski definition) is 0. The van der Waals surface area contributed by atoms with Crippen LogP contribution in [0.3, 0.4) is 0 Å². The molecular weight excluding hydrogens is 404 g/mol. The zero-order chi connectivity index (χ0) is 17.9. The van der Waals surface area contributed by atoms with E-state index in [1.165, 1.54) is 36.4 Å². The summed E-state index contributed by atoms with van der Waals surface area (Å²) in [4.78, 5) is 0.257. The number of benzene rings is 1. The van der Waals surface area contributed by atoms with Crippen LogP contribution in [-0.2, 0) is 23.1 Å². The number of halogens is 1. The van der Waals surface area contributed by atoms with E-state index >= 15 is 0 Å². The molecule has 0 spiro atoms. The molecular formula is C17H23BrN4O2S. The van der Waals surface area contributed by atoms with Crippen molar-refractivity contribution in [3.63, 3.8) is 0 Å². The minimum Gasteiger partial charge on any atom is -0.252 e. The monoisotopic (exact) mass is 426 g/mol. The smallest absolute Gasteiger partial charge is 0.244 e. The zero-order valence-corrected chi connectivity index (χ0v) is 16.7. The molecule has 8 heteroatoms. The molecule has 6 nitrogen and oxygen atoms in total. The van der Waals surface area contributed by atoms with Gasteiger partial charge in [-0.3, -0.25) is 4.68 Å². The van der Waals surface area contributed by atoms with Crippen LogP contribution in [0.2, 0.25) is 0 Å². The fourth-order valence-electron chi connectivity index (χ4n) is 3.27. The molecule has 0 bridgehead atoms. The molecule has 0 amide bonds. The van der Waals surface area contributed by atoms with E-state index in [-0.39, 0.29) is 11.4 Å². The van der Waals surface area contributed by atoms with Gasteiger partial charge >= 0.3 is 0 Å². The van der Waals surface area contributed by atoms with E-state index < -0.39 is 10.0 Å². The molecule has 0 N–H and O–H groups in total. The highest BCUT2D eigenvalue weighted by atomic mass is 79.9. The molecule has 1 fully saturated rings. The second kappa shape index (κ2) is 7.97. The standard InChI is InChI=1S/C17H23BrN4O2S/c1-21(25(23,24)17-10-6-5-9-16(17)18)12-15-13-22(20-19-15)11-14-7-3-2-4-8-14/h5-6,9-10,13-14H,2-4,7-8,11-12H2,1H3. The van der Waals surface area contributed by atoms with Crippen LogP contribution in [-0.4, -0.2) is 34.8 Å². The van der Waals surface area contributed by atoms with Crippen molar-refractivity contribution in [1.29, 1.82) is 0 Å². The van der Waals surface area contributed by atoms with Crippen LogP contribution in [0.25, 0.3) is 0 Å². The van der Waals surface area contributed by atoms with Gasteiger partial charge in [-0.25, -0.2) is 8.42 Å². The van der Waals surface area contributed by atoms with E-state index in [1.807, 2.05) is 10.9 Å². The normalized spacial score (nSPS) is 16.4. The molecule has 0 radical (unpaired) electrons. The molecule has 1 aliphatic carbocycles.